The fraction of sp³-hybridized carbons (Fsp3) is 0.500. The monoisotopic (exact) mass is 259 g/mol. The smallest absolute Gasteiger partial charge is 0.132 e. The van der Waals surface area contributed by atoms with Crippen LogP contribution < -0.4 is 5.32 Å². The van der Waals surface area contributed by atoms with Gasteiger partial charge in [0.1, 0.15) is 17.5 Å². The first-order chi connectivity index (χ1) is 9.15. The van der Waals surface area contributed by atoms with E-state index in [9.17, 15) is 0 Å². The van der Waals surface area contributed by atoms with Gasteiger partial charge in [0.25, 0.3) is 0 Å². The van der Waals surface area contributed by atoms with E-state index in [1.807, 2.05) is 19.3 Å². The molecule has 0 unspecified atom stereocenters. The van der Waals surface area contributed by atoms with Crippen LogP contribution in [0.5, 0.6) is 0 Å². The van der Waals surface area contributed by atoms with Gasteiger partial charge in [-0.3, -0.25) is 0 Å². The Morgan fingerprint density at radius 3 is 2.68 bits per heavy atom. The second-order valence-corrected chi connectivity index (χ2v) is 4.53. The molecule has 1 N–H and O–H groups in total. The maximum atomic E-state index is 4.56. The molecule has 2 rings (SSSR count). The third-order valence-corrected chi connectivity index (χ3v) is 3.17. The van der Waals surface area contributed by atoms with Gasteiger partial charge in [-0.15, -0.1) is 0 Å². The molecule has 0 aliphatic rings. The predicted molar refractivity (Wildman–Crippen MR) is 76.4 cm³/mol. The van der Waals surface area contributed by atoms with Crippen molar-refractivity contribution in [2.24, 2.45) is 0 Å². The van der Waals surface area contributed by atoms with Gasteiger partial charge in [-0.1, -0.05) is 0 Å². The van der Waals surface area contributed by atoms with Crippen molar-refractivity contribution in [2.45, 2.75) is 40.7 Å². The SMILES string of the molecule is CCNc1nc(C)nc(Cc2nccn2CC)c1C. The van der Waals surface area contributed by atoms with Crippen LogP contribution in [0.4, 0.5) is 5.82 Å². The molecule has 2 aromatic rings. The normalized spacial score (nSPS) is 10.7. The van der Waals surface area contributed by atoms with Crippen molar-refractivity contribution < 1.29 is 0 Å². The van der Waals surface area contributed by atoms with E-state index in [1.54, 1.807) is 0 Å². The standard InChI is InChI=1S/C14H21N5/c1-5-15-14-10(3)12(17-11(4)18-14)9-13-16-7-8-19(13)6-2/h7-8H,5-6,9H2,1-4H3,(H,15,17,18). The van der Waals surface area contributed by atoms with E-state index in [-0.39, 0.29) is 0 Å². The fourth-order valence-corrected chi connectivity index (χ4v) is 2.14. The first kappa shape index (κ1) is 13.5. The molecule has 0 atom stereocenters. The summed E-state index contributed by atoms with van der Waals surface area (Å²) < 4.78 is 2.14. The van der Waals surface area contributed by atoms with Crippen molar-refractivity contribution >= 4 is 5.82 Å². The van der Waals surface area contributed by atoms with Crippen LogP contribution in [0.15, 0.2) is 12.4 Å². The third-order valence-electron chi connectivity index (χ3n) is 3.17. The van der Waals surface area contributed by atoms with E-state index in [1.165, 1.54) is 0 Å². The summed E-state index contributed by atoms with van der Waals surface area (Å²) in [6, 6.07) is 0. The van der Waals surface area contributed by atoms with Crippen molar-refractivity contribution in [1.29, 1.82) is 0 Å². The number of nitrogens with zero attached hydrogens (tertiary/aromatic N) is 4. The lowest BCUT2D eigenvalue weighted by Crippen LogP contribution is -2.10. The molecular formula is C14H21N5. The molecule has 0 fully saturated rings. The summed E-state index contributed by atoms with van der Waals surface area (Å²) in [5.41, 5.74) is 2.16. The van der Waals surface area contributed by atoms with Crippen molar-refractivity contribution in [3.63, 3.8) is 0 Å². The van der Waals surface area contributed by atoms with E-state index in [2.05, 4.69) is 45.6 Å². The summed E-state index contributed by atoms with van der Waals surface area (Å²) in [4.78, 5) is 13.4. The van der Waals surface area contributed by atoms with E-state index in [4.69, 9.17) is 0 Å². The zero-order chi connectivity index (χ0) is 13.8. The Bertz CT molecular complexity index is 559. The first-order valence-corrected chi connectivity index (χ1v) is 6.73. The molecule has 0 amide bonds. The summed E-state index contributed by atoms with van der Waals surface area (Å²) in [5.74, 6) is 2.77. The second-order valence-electron chi connectivity index (χ2n) is 4.53. The highest BCUT2D eigenvalue weighted by Crippen LogP contribution is 2.18. The van der Waals surface area contributed by atoms with E-state index in [0.29, 0.717) is 0 Å². The minimum atomic E-state index is 0.744. The van der Waals surface area contributed by atoms with Crippen LogP contribution in [0.3, 0.4) is 0 Å². The zero-order valence-electron chi connectivity index (χ0n) is 12.1. The highest BCUT2D eigenvalue weighted by molar-refractivity contribution is 5.46. The number of rotatable bonds is 5. The Balaban J connectivity index is 2.34. The minimum absolute atomic E-state index is 0.744. The molecular weight excluding hydrogens is 238 g/mol. The average molecular weight is 259 g/mol. The Kier molecular flexibility index (Phi) is 4.14. The van der Waals surface area contributed by atoms with Gasteiger partial charge in [0, 0.05) is 37.5 Å². The molecule has 2 heterocycles. The molecule has 102 valence electrons. The van der Waals surface area contributed by atoms with Crippen LogP contribution in [-0.4, -0.2) is 26.1 Å². The molecule has 0 spiro atoms. The number of nitrogens with one attached hydrogen (secondary N) is 1. The summed E-state index contributed by atoms with van der Waals surface area (Å²) in [5, 5.41) is 3.29. The molecule has 5 nitrogen and oxygen atoms in total. The van der Waals surface area contributed by atoms with Crippen molar-refractivity contribution in [1.82, 2.24) is 19.5 Å². The summed E-state index contributed by atoms with van der Waals surface area (Å²) in [7, 11) is 0. The van der Waals surface area contributed by atoms with E-state index < -0.39 is 0 Å². The Morgan fingerprint density at radius 2 is 2.00 bits per heavy atom. The lowest BCUT2D eigenvalue weighted by atomic mass is 10.1. The molecule has 2 aromatic heterocycles. The molecule has 0 aromatic carbocycles. The van der Waals surface area contributed by atoms with E-state index >= 15 is 0 Å². The average Bonchev–Trinajstić information content (AvgIpc) is 2.82. The molecule has 0 aliphatic heterocycles. The number of aromatic nitrogens is 4. The highest BCUT2D eigenvalue weighted by Gasteiger charge is 2.11. The molecule has 19 heavy (non-hydrogen) atoms. The van der Waals surface area contributed by atoms with Gasteiger partial charge in [-0.25, -0.2) is 15.0 Å². The number of hydrogen-bond donors (Lipinski definition) is 1. The van der Waals surface area contributed by atoms with Gasteiger partial charge < -0.3 is 9.88 Å². The van der Waals surface area contributed by atoms with Crippen molar-refractivity contribution in [2.75, 3.05) is 11.9 Å². The molecule has 0 saturated heterocycles. The fourth-order valence-electron chi connectivity index (χ4n) is 2.14. The zero-order valence-corrected chi connectivity index (χ0v) is 12.1. The van der Waals surface area contributed by atoms with Crippen LogP contribution in [0.25, 0.3) is 0 Å². The Hall–Kier alpha value is -1.91. The Labute approximate surface area is 114 Å². The summed E-state index contributed by atoms with van der Waals surface area (Å²) >= 11 is 0. The lowest BCUT2D eigenvalue weighted by Gasteiger charge is -2.12. The van der Waals surface area contributed by atoms with Gasteiger partial charge >= 0.3 is 0 Å². The third kappa shape index (κ3) is 2.92. The van der Waals surface area contributed by atoms with Crippen molar-refractivity contribution in [3.8, 4) is 0 Å². The quantitative estimate of drug-likeness (QED) is 0.895. The van der Waals surface area contributed by atoms with Crippen molar-refractivity contribution in [3.05, 3.63) is 35.3 Å². The van der Waals surface area contributed by atoms with Gasteiger partial charge in [0.15, 0.2) is 0 Å². The number of hydrogen-bond acceptors (Lipinski definition) is 4. The van der Waals surface area contributed by atoms with Crippen LogP contribution in [-0.2, 0) is 13.0 Å². The van der Waals surface area contributed by atoms with Gasteiger partial charge in [-0.2, -0.15) is 0 Å². The second kappa shape index (κ2) is 5.82. The highest BCUT2D eigenvalue weighted by atomic mass is 15.1. The largest absolute Gasteiger partial charge is 0.370 e. The van der Waals surface area contributed by atoms with E-state index in [0.717, 1.165) is 48.2 Å². The van der Waals surface area contributed by atoms with Crippen LogP contribution in [0.1, 0.15) is 36.8 Å². The molecule has 5 heteroatoms. The number of anilines is 1. The van der Waals surface area contributed by atoms with Crippen LogP contribution in [0, 0.1) is 13.8 Å². The maximum Gasteiger partial charge on any atom is 0.132 e. The van der Waals surface area contributed by atoms with Gasteiger partial charge in [-0.05, 0) is 27.7 Å². The lowest BCUT2D eigenvalue weighted by molar-refractivity contribution is 0.705. The molecule has 0 aliphatic carbocycles. The topological polar surface area (TPSA) is 55.6 Å². The Morgan fingerprint density at radius 1 is 1.21 bits per heavy atom. The predicted octanol–water partition coefficient (Wildman–Crippen LogP) is 2.33. The van der Waals surface area contributed by atoms with Gasteiger partial charge in [0.2, 0.25) is 0 Å². The number of aryl methyl sites for hydroxylation is 2. The van der Waals surface area contributed by atoms with Crippen LogP contribution in [0.2, 0.25) is 0 Å². The maximum absolute atomic E-state index is 4.56. The number of imidazole rings is 1. The summed E-state index contributed by atoms with van der Waals surface area (Å²) in [6.45, 7) is 9.97. The summed E-state index contributed by atoms with van der Waals surface area (Å²) in [6.07, 6.45) is 4.59. The molecule has 0 radical (unpaired) electrons. The molecule has 0 saturated carbocycles. The minimum Gasteiger partial charge on any atom is -0.370 e. The van der Waals surface area contributed by atoms with Gasteiger partial charge in [0.05, 0.1) is 5.69 Å². The van der Waals surface area contributed by atoms with Crippen LogP contribution >= 0.6 is 0 Å². The molecule has 0 bridgehead atoms. The first-order valence-electron chi connectivity index (χ1n) is 6.73.